The van der Waals surface area contributed by atoms with E-state index in [1.54, 1.807) is 22.9 Å². The molecule has 2 amide bonds. The van der Waals surface area contributed by atoms with Crippen molar-refractivity contribution in [3.63, 3.8) is 0 Å². The Kier molecular flexibility index (Phi) is 6.30. The standard InChI is InChI=1S/C18H17N3O5S3/c1-2-29(25,26)12-5-6-14(22)13(9-12)20-16(23)8-11-10-28-18(19-11)21-17(24)15-4-3-7-27-15/h3-7,9-10,22H,2,8H2,1H3,(H,20,23)(H,19,21,24). The fourth-order valence-corrected chi connectivity index (χ4v) is 4.58. The average molecular weight is 452 g/mol. The Balaban J connectivity index is 1.65. The first-order valence-electron chi connectivity index (χ1n) is 8.43. The third-order valence-corrected chi connectivity index (χ3v) is 7.25. The van der Waals surface area contributed by atoms with Gasteiger partial charge in [0.15, 0.2) is 15.0 Å². The molecule has 0 aliphatic carbocycles. The highest BCUT2D eigenvalue weighted by atomic mass is 32.2. The van der Waals surface area contributed by atoms with Crippen LogP contribution in [0.25, 0.3) is 0 Å². The van der Waals surface area contributed by atoms with E-state index in [9.17, 15) is 23.1 Å². The lowest BCUT2D eigenvalue weighted by Gasteiger charge is -2.09. The van der Waals surface area contributed by atoms with Gasteiger partial charge in [-0.25, -0.2) is 13.4 Å². The molecule has 0 saturated carbocycles. The Morgan fingerprint density at radius 2 is 1.97 bits per heavy atom. The van der Waals surface area contributed by atoms with E-state index in [-0.39, 0.29) is 34.4 Å². The maximum absolute atomic E-state index is 12.3. The molecule has 0 aliphatic heterocycles. The maximum atomic E-state index is 12.3. The molecule has 0 spiro atoms. The number of amides is 2. The van der Waals surface area contributed by atoms with Crippen molar-refractivity contribution < 1.29 is 23.1 Å². The summed E-state index contributed by atoms with van der Waals surface area (Å²) in [5.74, 6) is -1.09. The van der Waals surface area contributed by atoms with Gasteiger partial charge in [0.1, 0.15) is 5.75 Å². The third-order valence-electron chi connectivity index (χ3n) is 3.84. The lowest BCUT2D eigenvalue weighted by Crippen LogP contribution is -2.15. The van der Waals surface area contributed by atoms with Crippen LogP contribution in [0.5, 0.6) is 5.75 Å². The number of nitrogens with zero attached hydrogens (tertiary/aromatic N) is 1. The van der Waals surface area contributed by atoms with Crippen LogP contribution in [0.15, 0.2) is 46.0 Å². The molecule has 0 bridgehead atoms. The number of nitrogens with one attached hydrogen (secondary N) is 2. The molecule has 0 fully saturated rings. The Hall–Kier alpha value is -2.76. The number of rotatable bonds is 7. The monoisotopic (exact) mass is 451 g/mol. The highest BCUT2D eigenvalue weighted by Gasteiger charge is 2.16. The molecule has 0 unspecified atom stereocenters. The van der Waals surface area contributed by atoms with E-state index in [1.165, 1.54) is 47.8 Å². The van der Waals surface area contributed by atoms with Gasteiger partial charge in [-0.15, -0.1) is 22.7 Å². The summed E-state index contributed by atoms with van der Waals surface area (Å²) in [6, 6.07) is 7.19. The number of phenols is 1. The lowest BCUT2D eigenvalue weighted by molar-refractivity contribution is -0.115. The van der Waals surface area contributed by atoms with Gasteiger partial charge in [0.2, 0.25) is 5.91 Å². The minimum absolute atomic E-state index is 0.00553. The quantitative estimate of drug-likeness (QED) is 0.474. The maximum Gasteiger partial charge on any atom is 0.267 e. The van der Waals surface area contributed by atoms with Crippen LogP contribution in [0.2, 0.25) is 0 Å². The zero-order valence-electron chi connectivity index (χ0n) is 15.2. The van der Waals surface area contributed by atoms with E-state index in [0.29, 0.717) is 15.7 Å². The second-order valence-electron chi connectivity index (χ2n) is 5.88. The number of phenolic OH excluding ortho intramolecular Hbond substituents is 1. The Morgan fingerprint density at radius 3 is 2.66 bits per heavy atom. The van der Waals surface area contributed by atoms with Crippen molar-refractivity contribution >= 4 is 55.1 Å². The topological polar surface area (TPSA) is 125 Å². The first kappa shape index (κ1) is 21.0. The molecule has 3 aromatic rings. The van der Waals surface area contributed by atoms with Gasteiger partial charge in [-0.2, -0.15) is 0 Å². The van der Waals surface area contributed by atoms with Crippen molar-refractivity contribution in [2.75, 3.05) is 16.4 Å². The van der Waals surface area contributed by atoms with E-state index < -0.39 is 15.7 Å². The minimum atomic E-state index is -3.47. The smallest absolute Gasteiger partial charge is 0.267 e. The SMILES string of the molecule is CCS(=O)(=O)c1ccc(O)c(NC(=O)Cc2csc(NC(=O)c3cccs3)n2)c1. The zero-order valence-corrected chi connectivity index (χ0v) is 17.7. The number of aromatic nitrogens is 1. The predicted molar refractivity (Wildman–Crippen MR) is 113 cm³/mol. The number of thiazole rings is 1. The van der Waals surface area contributed by atoms with E-state index >= 15 is 0 Å². The first-order chi connectivity index (χ1) is 13.8. The number of thiophene rings is 1. The number of carbonyl (C=O) groups is 2. The number of carbonyl (C=O) groups excluding carboxylic acids is 2. The van der Waals surface area contributed by atoms with Gasteiger partial charge in [0.25, 0.3) is 5.91 Å². The third kappa shape index (κ3) is 5.19. The number of anilines is 2. The van der Waals surface area contributed by atoms with Crippen molar-refractivity contribution in [2.45, 2.75) is 18.2 Å². The van der Waals surface area contributed by atoms with Crippen molar-refractivity contribution in [1.29, 1.82) is 0 Å². The molecule has 0 radical (unpaired) electrons. The molecule has 3 rings (SSSR count). The number of hydrogen-bond donors (Lipinski definition) is 3. The molecule has 2 heterocycles. The van der Waals surface area contributed by atoms with Gasteiger partial charge in [-0.1, -0.05) is 13.0 Å². The van der Waals surface area contributed by atoms with Crippen molar-refractivity contribution in [3.05, 3.63) is 51.7 Å². The first-order valence-corrected chi connectivity index (χ1v) is 11.8. The van der Waals surface area contributed by atoms with Crippen molar-refractivity contribution in [2.24, 2.45) is 0 Å². The largest absolute Gasteiger partial charge is 0.506 e. The summed E-state index contributed by atoms with van der Waals surface area (Å²) >= 11 is 2.50. The second kappa shape index (κ2) is 8.72. The van der Waals surface area contributed by atoms with Gasteiger partial charge in [0.05, 0.1) is 33.3 Å². The van der Waals surface area contributed by atoms with Gasteiger partial charge in [-0.3, -0.25) is 14.9 Å². The van der Waals surface area contributed by atoms with Crippen LogP contribution < -0.4 is 10.6 Å². The van der Waals surface area contributed by atoms with Crippen LogP contribution in [0.4, 0.5) is 10.8 Å². The van der Waals surface area contributed by atoms with Crippen LogP contribution >= 0.6 is 22.7 Å². The normalized spacial score (nSPS) is 11.2. The zero-order chi connectivity index (χ0) is 21.0. The molecule has 2 aromatic heterocycles. The molecule has 0 atom stereocenters. The number of sulfone groups is 1. The van der Waals surface area contributed by atoms with Gasteiger partial charge >= 0.3 is 0 Å². The number of aromatic hydroxyl groups is 1. The molecular weight excluding hydrogens is 434 g/mol. The van der Waals surface area contributed by atoms with Gasteiger partial charge in [-0.05, 0) is 29.6 Å². The molecule has 3 N–H and O–H groups in total. The molecule has 1 aromatic carbocycles. The van der Waals surface area contributed by atoms with E-state index in [2.05, 4.69) is 15.6 Å². The minimum Gasteiger partial charge on any atom is -0.506 e. The highest BCUT2D eigenvalue weighted by molar-refractivity contribution is 7.91. The summed E-state index contributed by atoms with van der Waals surface area (Å²) in [5, 5.41) is 18.9. The molecular formula is C18H17N3O5S3. The Labute approximate surface area is 175 Å². The lowest BCUT2D eigenvalue weighted by atomic mass is 10.2. The second-order valence-corrected chi connectivity index (χ2v) is 9.97. The van der Waals surface area contributed by atoms with Crippen LogP contribution in [-0.4, -0.2) is 36.1 Å². The summed E-state index contributed by atoms with van der Waals surface area (Å²) in [5.41, 5.74) is 0.441. The fraction of sp³-hybridized carbons (Fsp3) is 0.167. The van der Waals surface area contributed by atoms with Gasteiger partial charge in [0, 0.05) is 5.38 Å². The Bertz CT molecular complexity index is 1140. The van der Waals surface area contributed by atoms with Crippen LogP contribution in [-0.2, 0) is 21.1 Å². The van der Waals surface area contributed by atoms with Crippen molar-refractivity contribution in [1.82, 2.24) is 4.98 Å². The molecule has 152 valence electrons. The summed E-state index contributed by atoms with van der Waals surface area (Å²) in [4.78, 5) is 29.1. The predicted octanol–water partition coefficient (Wildman–Crippen LogP) is 3.14. The van der Waals surface area contributed by atoms with E-state index in [0.717, 1.165) is 0 Å². The molecule has 29 heavy (non-hydrogen) atoms. The summed E-state index contributed by atoms with van der Waals surface area (Å²) < 4.78 is 24.0. The Morgan fingerprint density at radius 1 is 1.17 bits per heavy atom. The summed E-state index contributed by atoms with van der Waals surface area (Å²) in [6.07, 6.45) is -0.102. The fourth-order valence-electron chi connectivity index (χ4n) is 2.35. The van der Waals surface area contributed by atoms with Crippen LogP contribution in [0.1, 0.15) is 22.3 Å². The van der Waals surface area contributed by atoms with Crippen LogP contribution in [0, 0.1) is 0 Å². The van der Waals surface area contributed by atoms with Gasteiger partial charge < -0.3 is 10.4 Å². The highest BCUT2D eigenvalue weighted by Crippen LogP contribution is 2.27. The number of hydrogen-bond acceptors (Lipinski definition) is 8. The summed E-state index contributed by atoms with van der Waals surface area (Å²) in [7, 11) is -3.47. The molecule has 11 heteroatoms. The van der Waals surface area contributed by atoms with E-state index in [1.807, 2.05) is 0 Å². The van der Waals surface area contributed by atoms with Crippen LogP contribution in [0.3, 0.4) is 0 Å². The average Bonchev–Trinajstić information content (AvgIpc) is 3.35. The molecule has 0 saturated heterocycles. The molecule has 0 aliphatic rings. The molecule has 8 nitrogen and oxygen atoms in total. The summed E-state index contributed by atoms with van der Waals surface area (Å²) in [6.45, 7) is 1.51. The van der Waals surface area contributed by atoms with Crippen molar-refractivity contribution in [3.8, 4) is 5.75 Å². The number of benzene rings is 1. The van der Waals surface area contributed by atoms with E-state index in [4.69, 9.17) is 0 Å².